The van der Waals surface area contributed by atoms with Gasteiger partial charge in [0.25, 0.3) is 0 Å². The zero-order chi connectivity index (χ0) is 9.52. The summed E-state index contributed by atoms with van der Waals surface area (Å²) < 4.78 is 11.1. The third-order valence-corrected chi connectivity index (χ3v) is 2.45. The van der Waals surface area contributed by atoms with Crippen LogP contribution in [0.4, 0.5) is 0 Å². The second kappa shape index (κ2) is 6.13. The Balaban J connectivity index is 2.32. The number of halogens is 1. The standard InChI is InChI=1S/C10H13BrO2/c1-12-8-13-7-6-9-4-2-3-5-10(9)11/h2-5H,6-8H2,1H3. The first-order chi connectivity index (χ1) is 6.34. The molecule has 0 aliphatic carbocycles. The molecule has 0 saturated heterocycles. The molecule has 1 aromatic carbocycles. The van der Waals surface area contributed by atoms with Crippen molar-refractivity contribution in [2.75, 3.05) is 20.5 Å². The van der Waals surface area contributed by atoms with Crippen molar-refractivity contribution in [3.63, 3.8) is 0 Å². The highest BCUT2D eigenvalue weighted by atomic mass is 79.9. The SMILES string of the molecule is COCOCCc1ccccc1Br. The van der Waals surface area contributed by atoms with Crippen LogP contribution in [0.25, 0.3) is 0 Å². The van der Waals surface area contributed by atoms with Gasteiger partial charge in [-0.05, 0) is 18.1 Å². The molecule has 72 valence electrons. The maximum atomic E-state index is 5.20. The first-order valence-electron chi connectivity index (χ1n) is 4.14. The van der Waals surface area contributed by atoms with Gasteiger partial charge < -0.3 is 9.47 Å². The average Bonchev–Trinajstić information content (AvgIpc) is 2.15. The Morgan fingerprint density at radius 2 is 2.08 bits per heavy atom. The molecule has 0 aliphatic rings. The van der Waals surface area contributed by atoms with Crippen LogP contribution >= 0.6 is 15.9 Å². The molecule has 0 spiro atoms. The minimum absolute atomic E-state index is 0.366. The smallest absolute Gasteiger partial charge is 0.146 e. The van der Waals surface area contributed by atoms with Crippen LogP contribution < -0.4 is 0 Å². The van der Waals surface area contributed by atoms with Crippen LogP contribution in [0.5, 0.6) is 0 Å². The second-order valence-corrected chi connectivity index (χ2v) is 3.51. The van der Waals surface area contributed by atoms with Crippen LogP contribution in [0.15, 0.2) is 28.7 Å². The quantitative estimate of drug-likeness (QED) is 0.586. The average molecular weight is 245 g/mol. The van der Waals surface area contributed by atoms with Gasteiger partial charge in [-0.15, -0.1) is 0 Å². The molecule has 0 atom stereocenters. The van der Waals surface area contributed by atoms with Gasteiger partial charge in [0.2, 0.25) is 0 Å². The van der Waals surface area contributed by atoms with Gasteiger partial charge in [0.15, 0.2) is 0 Å². The van der Waals surface area contributed by atoms with E-state index in [2.05, 4.69) is 22.0 Å². The van der Waals surface area contributed by atoms with Gasteiger partial charge in [-0.2, -0.15) is 0 Å². The van der Waals surface area contributed by atoms with Gasteiger partial charge >= 0.3 is 0 Å². The van der Waals surface area contributed by atoms with Gasteiger partial charge in [0, 0.05) is 11.6 Å². The van der Waals surface area contributed by atoms with E-state index in [1.807, 2.05) is 18.2 Å². The Morgan fingerprint density at radius 1 is 1.31 bits per heavy atom. The van der Waals surface area contributed by atoms with E-state index in [1.54, 1.807) is 7.11 Å². The molecule has 0 radical (unpaired) electrons. The lowest BCUT2D eigenvalue weighted by molar-refractivity contribution is -0.0291. The van der Waals surface area contributed by atoms with Crippen molar-refractivity contribution >= 4 is 15.9 Å². The number of hydrogen-bond acceptors (Lipinski definition) is 2. The van der Waals surface area contributed by atoms with Crippen LogP contribution in [0.2, 0.25) is 0 Å². The van der Waals surface area contributed by atoms with Crippen molar-refractivity contribution in [2.24, 2.45) is 0 Å². The fourth-order valence-corrected chi connectivity index (χ4v) is 1.51. The highest BCUT2D eigenvalue weighted by Crippen LogP contribution is 2.15. The lowest BCUT2D eigenvalue weighted by atomic mass is 10.2. The molecular weight excluding hydrogens is 232 g/mol. The summed E-state index contributed by atoms with van der Waals surface area (Å²) in [6.07, 6.45) is 0.908. The highest BCUT2D eigenvalue weighted by Gasteiger charge is 1.97. The van der Waals surface area contributed by atoms with E-state index in [1.165, 1.54) is 5.56 Å². The summed E-state index contributed by atoms with van der Waals surface area (Å²) in [6.45, 7) is 1.06. The number of methoxy groups -OCH3 is 1. The van der Waals surface area contributed by atoms with Crippen molar-refractivity contribution in [2.45, 2.75) is 6.42 Å². The molecule has 2 nitrogen and oxygen atoms in total. The molecule has 0 heterocycles. The number of rotatable bonds is 5. The summed E-state index contributed by atoms with van der Waals surface area (Å²) >= 11 is 3.48. The molecule has 0 saturated carbocycles. The van der Waals surface area contributed by atoms with Crippen LogP contribution in [-0.2, 0) is 15.9 Å². The van der Waals surface area contributed by atoms with E-state index in [0.717, 1.165) is 10.9 Å². The lowest BCUT2D eigenvalue weighted by Gasteiger charge is -2.04. The zero-order valence-electron chi connectivity index (χ0n) is 7.63. The molecular formula is C10H13BrO2. The van der Waals surface area contributed by atoms with Crippen LogP contribution in [0.1, 0.15) is 5.56 Å². The summed E-state index contributed by atoms with van der Waals surface area (Å²) in [5.41, 5.74) is 1.26. The maximum Gasteiger partial charge on any atom is 0.146 e. The van der Waals surface area contributed by atoms with E-state index >= 15 is 0 Å². The molecule has 13 heavy (non-hydrogen) atoms. The van der Waals surface area contributed by atoms with E-state index in [9.17, 15) is 0 Å². The fourth-order valence-electron chi connectivity index (χ4n) is 1.03. The summed E-state index contributed by atoms with van der Waals surface area (Å²) in [5, 5.41) is 0. The molecule has 3 heteroatoms. The second-order valence-electron chi connectivity index (χ2n) is 2.66. The minimum Gasteiger partial charge on any atom is -0.359 e. The predicted octanol–water partition coefficient (Wildman–Crippen LogP) is 2.61. The maximum absolute atomic E-state index is 5.20. The van der Waals surface area contributed by atoms with E-state index in [0.29, 0.717) is 13.4 Å². The highest BCUT2D eigenvalue weighted by molar-refractivity contribution is 9.10. The molecule has 1 aromatic rings. The number of ether oxygens (including phenoxy) is 2. The molecule has 0 N–H and O–H groups in total. The molecule has 0 unspecified atom stereocenters. The Morgan fingerprint density at radius 3 is 2.77 bits per heavy atom. The van der Waals surface area contributed by atoms with Crippen molar-refractivity contribution < 1.29 is 9.47 Å². The van der Waals surface area contributed by atoms with Gasteiger partial charge in [0.1, 0.15) is 6.79 Å². The predicted molar refractivity (Wildman–Crippen MR) is 55.7 cm³/mol. The monoisotopic (exact) mass is 244 g/mol. The van der Waals surface area contributed by atoms with Crippen molar-refractivity contribution in [3.05, 3.63) is 34.3 Å². The molecule has 0 aliphatic heterocycles. The fraction of sp³-hybridized carbons (Fsp3) is 0.400. The number of hydrogen-bond donors (Lipinski definition) is 0. The molecule has 0 bridgehead atoms. The Labute approximate surface area is 87.0 Å². The van der Waals surface area contributed by atoms with Crippen LogP contribution in [0.3, 0.4) is 0 Å². The summed E-state index contributed by atoms with van der Waals surface area (Å²) in [6, 6.07) is 8.14. The normalized spacial score (nSPS) is 10.3. The molecule has 0 fully saturated rings. The third kappa shape index (κ3) is 3.89. The van der Waals surface area contributed by atoms with Gasteiger partial charge in [0.05, 0.1) is 6.61 Å². The minimum atomic E-state index is 0.366. The largest absolute Gasteiger partial charge is 0.359 e. The van der Waals surface area contributed by atoms with Crippen molar-refractivity contribution in [3.8, 4) is 0 Å². The first-order valence-corrected chi connectivity index (χ1v) is 4.94. The van der Waals surface area contributed by atoms with Gasteiger partial charge in [-0.1, -0.05) is 34.1 Å². The zero-order valence-corrected chi connectivity index (χ0v) is 9.21. The summed E-state index contributed by atoms with van der Waals surface area (Å²) in [5.74, 6) is 0. The lowest BCUT2D eigenvalue weighted by Crippen LogP contribution is -2.01. The van der Waals surface area contributed by atoms with Crippen molar-refractivity contribution in [1.82, 2.24) is 0 Å². The molecule has 1 rings (SSSR count). The van der Waals surface area contributed by atoms with E-state index < -0.39 is 0 Å². The Hall–Kier alpha value is -0.380. The third-order valence-electron chi connectivity index (χ3n) is 1.67. The Bertz CT molecular complexity index is 250. The topological polar surface area (TPSA) is 18.5 Å². The van der Waals surface area contributed by atoms with Gasteiger partial charge in [-0.25, -0.2) is 0 Å². The van der Waals surface area contributed by atoms with Crippen molar-refractivity contribution in [1.29, 1.82) is 0 Å². The van der Waals surface area contributed by atoms with Gasteiger partial charge in [-0.3, -0.25) is 0 Å². The molecule has 0 amide bonds. The number of benzene rings is 1. The van der Waals surface area contributed by atoms with E-state index in [4.69, 9.17) is 9.47 Å². The molecule has 0 aromatic heterocycles. The van der Waals surface area contributed by atoms with Crippen LogP contribution in [0, 0.1) is 0 Å². The first kappa shape index (κ1) is 10.7. The summed E-state index contributed by atoms with van der Waals surface area (Å²) in [7, 11) is 1.62. The van der Waals surface area contributed by atoms with E-state index in [-0.39, 0.29) is 0 Å². The Kier molecular flexibility index (Phi) is 5.05. The van der Waals surface area contributed by atoms with Crippen LogP contribution in [-0.4, -0.2) is 20.5 Å². The summed E-state index contributed by atoms with van der Waals surface area (Å²) in [4.78, 5) is 0.